The molecule has 0 fully saturated rings. The van der Waals surface area contributed by atoms with Crippen LogP contribution < -0.4 is 5.32 Å². The molecule has 1 amide bonds. The molecule has 7 heteroatoms. The van der Waals surface area contributed by atoms with E-state index in [0.717, 1.165) is 51.5 Å². The molecule has 0 aliphatic rings. The van der Waals surface area contributed by atoms with Crippen LogP contribution in [0.4, 0.5) is 5.69 Å². The van der Waals surface area contributed by atoms with E-state index in [9.17, 15) is 4.79 Å². The molecule has 0 aliphatic carbocycles. The van der Waals surface area contributed by atoms with E-state index in [0.29, 0.717) is 12.2 Å². The highest BCUT2D eigenvalue weighted by Crippen LogP contribution is 2.35. The summed E-state index contributed by atoms with van der Waals surface area (Å²) in [5.74, 6) is 0.578. The zero-order chi connectivity index (χ0) is 26.5. The first-order valence-corrected chi connectivity index (χ1v) is 14.0. The second kappa shape index (κ2) is 11.6. The van der Waals surface area contributed by atoms with Crippen LogP contribution in [-0.2, 0) is 17.6 Å². The lowest BCUT2D eigenvalue weighted by atomic mass is 10.1. The van der Waals surface area contributed by atoms with E-state index in [1.807, 2.05) is 84.4 Å². The molecule has 192 valence electrons. The average Bonchev–Trinajstić information content (AvgIpc) is 3.36. The number of hydrogen-bond donors (Lipinski definition) is 1. The van der Waals surface area contributed by atoms with E-state index in [1.165, 1.54) is 17.3 Å². The molecule has 5 rings (SSSR count). The Morgan fingerprint density at radius 3 is 2.18 bits per heavy atom. The highest BCUT2D eigenvalue weighted by atomic mass is 32.2. The first-order chi connectivity index (χ1) is 18.6. The molecular weight excluding hydrogens is 490 g/mol. The number of anilines is 1. The van der Waals surface area contributed by atoms with Crippen molar-refractivity contribution in [3.05, 3.63) is 96.2 Å². The zero-order valence-corrected chi connectivity index (χ0v) is 22.7. The number of nitrogens with one attached hydrogen (secondary N) is 1. The molecule has 0 bridgehead atoms. The highest BCUT2D eigenvalue weighted by molar-refractivity contribution is 8.00. The van der Waals surface area contributed by atoms with E-state index >= 15 is 0 Å². The molecule has 0 saturated carbocycles. The number of fused-ring (bicyclic) bond motifs is 1. The van der Waals surface area contributed by atoms with E-state index in [-0.39, 0.29) is 11.2 Å². The summed E-state index contributed by atoms with van der Waals surface area (Å²) in [6.45, 7) is 6.23. The molecule has 1 atom stereocenters. The fourth-order valence-corrected chi connectivity index (χ4v) is 5.42. The van der Waals surface area contributed by atoms with Gasteiger partial charge in [0.05, 0.1) is 22.0 Å². The van der Waals surface area contributed by atoms with Gasteiger partial charge >= 0.3 is 0 Å². The number of aromatic nitrogens is 4. The number of para-hydroxylation sites is 1. The van der Waals surface area contributed by atoms with Crippen molar-refractivity contribution < 1.29 is 4.79 Å². The lowest BCUT2D eigenvalue weighted by Gasteiger charge is -2.16. The number of amides is 1. The summed E-state index contributed by atoms with van der Waals surface area (Å²) in [5.41, 5.74) is 5.56. The van der Waals surface area contributed by atoms with Crippen molar-refractivity contribution in [3.8, 4) is 17.1 Å². The van der Waals surface area contributed by atoms with Gasteiger partial charge in [0.2, 0.25) is 5.91 Å². The van der Waals surface area contributed by atoms with Crippen molar-refractivity contribution in [2.75, 3.05) is 5.32 Å². The topological polar surface area (TPSA) is 72.7 Å². The Kier molecular flexibility index (Phi) is 7.84. The van der Waals surface area contributed by atoms with Crippen LogP contribution in [0.5, 0.6) is 0 Å². The molecule has 0 saturated heterocycles. The second-order valence-electron chi connectivity index (χ2n) is 9.02. The maximum atomic E-state index is 13.4. The van der Waals surface area contributed by atoms with Crippen molar-refractivity contribution in [3.63, 3.8) is 0 Å². The van der Waals surface area contributed by atoms with E-state index < -0.39 is 0 Å². The van der Waals surface area contributed by atoms with Crippen molar-refractivity contribution in [2.24, 2.45) is 0 Å². The van der Waals surface area contributed by atoms with Crippen LogP contribution in [0.2, 0.25) is 0 Å². The van der Waals surface area contributed by atoms with Gasteiger partial charge in [-0.15, -0.1) is 0 Å². The minimum atomic E-state index is -0.327. The standard InChI is InChI=1S/C31H31N5OS/c1-4-21-17-19-23(20-18-21)32-30(37)26(6-3)38-31-27-25(5-2)35-36(24-15-11-8-12-16-24)29(27)33-28(34-31)22-13-9-7-10-14-22/h7-20,26H,4-6H2,1-3H3,(H,32,37). The molecule has 5 aromatic rings. The Morgan fingerprint density at radius 1 is 0.868 bits per heavy atom. The van der Waals surface area contributed by atoms with Crippen LogP contribution in [0.1, 0.15) is 38.4 Å². The predicted molar refractivity (Wildman–Crippen MR) is 156 cm³/mol. The van der Waals surface area contributed by atoms with Crippen LogP contribution in [0.15, 0.2) is 90.0 Å². The van der Waals surface area contributed by atoms with Gasteiger partial charge in [0, 0.05) is 11.3 Å². The Bertz CT molecular complexity index is 1530. The molecule has 3 aromatic carbocycles. The number of rotatable bonds is 9. The first-order valence-electron chi connectivity index (χ1n) is 13.1. The lowest BCUT2D eigenvalue weighted by molar-refractivity contribution is -0.115. The lowest BCUT2D eigenvalue weighted by Crippen LogP contribution is -2.24. The fourth-order valence-electron chi connectivity index (χ4n) is 4.35. The van der Waals surface area contributed by atoms with Crippen LogP contribution in [-0.4, -0.2) is 30.9 Å². The molecule has 2 heterocycles. The Balaban J connectivity index is 1.58. The number of nitrogens with zero attached hydrogens (tertiary/aromatic N) is 4. The van der Waals surface area contributed by atoms with Gasteiger partial charge in [-0.05, 0) is 49.1 Å². The molecule has 0 aliphatic heterocycles. The summed E-state index contributed by atoms with van der Waals surface area (Å²) in [6.07, 6.45) is 2.35. The SMILES string of the molecule is CCc1ccc(NC(=O)C(CC)Sc2nc(-c3ccccc3)nc3c2c(CC)nn3-c2ccccc2)cc1. The third kappa shape index (κ3) is 5.34. The van der Waals surface area contributed by atoms with Crippen molar-refractivity contribution in [1.82, 2.24) is 19.7 Å². The predicted octanol–water partition coefficient (Wildman–Crippen LogP) is 7.12. The van der Waals surface area contributed by atoms with Gasteiger partial charge in [-0.25, -0.2) is 14.6 Å². The molecule has 0 radical (unpaired) electrons. The van der Waals surface area contributed by atoms with Crippen molar-refractivity contribution in [2.45, 2.75) is 50.3 Å². The van der Waals surface area contributed by atoms with Crippen molar-refractivity contribution in [1.29, 1.82) is 0 Å². The molecular formula is C31H31N5OS. The minimum absolute atomic E-state index is 0.0386. The average molecular weight is 522 g/mol. The summed E-state index contributed by atoms with van der Waals surface area (Å²) in [4.78, 5) is 23.4. The summed E-state index contributed by atoms with van der Waals surface area (Å²) in [5, 5.41) is 9.38. The summed E-state index contributed by atoms with van der Waals surface area (Å²) in [7, 11) is 0. The monoisotopic (exact) mass is 521 g/mol. The molecule has 38 heavy (non-hydrogen) atoms. The normalized spacial score (nSPS) is 12.0. The molecule has 1 N–H and O–H groups in total. The summed E-state index contributed by atoms with van der Waals surface area (Å²) < 4.78 is 1.89. The Morgan fingerprint density at radius 2 is 1.55 bits per heavy atom. The first kappa shape index (κ1) is 25.7. The third-order valence-corrected chi connectivity index (χ3v) is 7.83. The Hall–Kier alpha value is -3.97. The van der Waals surface area contributed by atoms with Gasteiger partial charge in [0.15, 0.2) is 11.5 Å². The van der Waals surface area contributed by atoms with Gasteiger partial charge in [-0.1, -0.05) is 93.2 Å². The number of carbonyl (C=O) groups is 1. The number of carbonyl (C=O) groups excluding carboxylic acids is 1. The zero-order valence-electron chi connectivity index (χ0n) is 21.9. The smallest absolute Gasteiger partial charge is 0.237 e. The van der Waals surface area contributed by atoms with Crippen LogP contribution in [0, 0.1) is 0 Å². The van der Waals surface area contributed by atoms with Gasteiger partial charge in [-0.3, -0.25) is 4.79 Å². The molecule has 1 unspecified atom stereocenters. The summed E-state index contributed by atoms with van der Waals surface area (Å²) in [6, 6.07) is 28.0. The third-order valence-electron chi connectivity index (χ3n) is 6.48. The largest absolute Gasteiger partial charge is 0.325 e. The molecule has 6 nitrogen and oxygen atoms in total. The van der Waals surface area contributed by atoms with Gasteiger partial charge < -0.3 is 5.32 Å². The van der Waals surface area contributed by atoms with E-state index in [1.54, 1.807) is 0 Å². The van der Waals surface area contributed by atoms with Crippen LogP contribution >= 0.6 is 11.8 Å². The van der Waals surface area contributed by atoms with Crippen LogP contribution in [0.25, 0.3) is 28.1 Å². The molecule has 2 aromatic heterocycles. The maximum absolute atomic E-state index is 13.4. The van der Waals surface area contributed by atoms with E-state index in [4.69, 9.17) is 15.1 Å². The van der Waals surface area contributed by atoms with Crippen molar-refractivity contribution >= 4 is 34.4 Å². The highest BCUT2D eigenvalue weighted by Gasteiger charge is 2.25. The summed E-state index contributed by atoms with van der Waals surface area (Å²) >= 11 is 1.48. The minimum Gasteiger partial charge on any atom is -0.325 e. The van der Waals surface area contributed by atoms with E-state index in [2.05, 4.69) is 31.3 Å². The van der Waals surface area contributed by atoms with Gasteiger partial charge in [0.1, 0.15) is 5.03 Å². The number of hydrogen-bond acceptors (Lipinski definition) is 5. The van der Waals surface area contributed by atoms with Gasteiger partial charge in [-0.2, -0.15) is 5.10 Å². The quantitative estimate of drug-likeness (QED) is 0.165. The van der Waals surface area contributed by atoms with Crippen LogP contribution in [0.3, 0.4) is 0 Å². The number of aryl methyl sites for hydroxylation is 2. The molecule has 0 spiro atoms. The maximum Gasteiger partial charge on any atom is 0.237 e. The Labute approximate surface area is 227 Å². The second-order valence-corrected chi connectivity index (χ2v) is 10.2. The fraction of sp³-hybridized carbons (Fsp3) is 0.226. The number of thioether (sulfide) groups is 1. The van der Waals surface area contributed by atoms with Gasteiger partial charge in [0.25, 0.3) is 0 Å². The number of benzene rings is 3.